The summed E-state index contributed by atoms with van der Waals surface area (Å²) in [6.45, 7) is 1.94. The molecule has 0 atom stereocenters. The number of hydrogen-bond acceptors (Lipinski definition) is 5. The Morgan fingerprint density at radius 1 is 1.19 bits per heavy atom. The summed E-state index contributed by atoms with van der Waals surface area (Å²) in [4.78, 5) is 15.1. The van der Waals surface area contributed by atoms with Crippen LogP contribution < -0.4 is 4.90 Å². The summed E-state index contributed by atoms with van der Waals surface area (Å²) in [5, 5.41) is 10.1. The van der Waals surface area contributed by atoms with Crippen molar-refractivity contribution in [2.45, 2.75) is 6.92 Å². The maximum atomic E-state index is 12.3. The molecule has 2 aromatic rings. The zero-order chi connectivity index (χ0) is 18.5. The smallest absolute Gasteiger partial charge is 0.351 e. The Labute approximate surface area is 164 Å². The van der Waals surface area contributed by atoms with Gasteiger partial charge in [0.25, 0.3) is 0 Å². The lowest BCUT2D eigenvalue weighted by Gasteiger charge is -2.18. The number of benzene rings is 2. The van der Waals surface area contributed by atoms with Gasteiger partial charge in [-0.3, -0.25) is 0 Å². The maximum absolute atomic E-state index is 12.3. The minimum Gasteiger partial charge on any atom is -0.462 e. The third kappa shape index (κ3) is 3.85. The van der Waals surface area contributed by atoms with Gasteiger partial charge in [0.05, 0.1) is 6.61 Å². The van der Waals surface area contributed by atoms with Gasteiger partial charge in [0.1, 0.15) is 11.1 Å². The van der Waals surface area contributed by atoms with Gasteiger partial charge in [0.15, 0.2) is 5.57 Å². The number of carbonyl (C=O) groups excluding carboxylic acids is 1. The molecule has 1 heterocycles. The summed E-state index contributed by atoms with van der Waals surface area (Å²) in [7, 11) is 0. The fourth-order valence-electron chi connectivity index (χ4n) is 2.44. The summed E-state index contributed by atoms with van der Waals surface area (Å²) in [6, 6.07) is 19.6. The normalized spacial score (nSPS) is 15.3. The molecule has 3 rings (SSSR count). The van der Waals surface area contributed by atoms with E-state index in [0.717, 1.165) is 20.6 Å². The molecule has 1 aliphatic rings. The molecule has 0 aromatic heterocycles. The van der Waals surface area contributed by atoms with Gasteiger partial charge in [0.2, 0.25) is 0 Å². The standard InChI is InChI=1S/C20H15BrN2O2S/c1-2-25-20(24)17(12-22)19-23(16-10-8-15(21)9-11-16)13-18(26-19)14-6-4-3-5-7-14/h3-11,13H,2H2,1H3. The predicted octanol–water partition coefficient (Wildman–Crippen LogP) is 5.30. The molecule has 0 saturated heterocycles. The van der Waals surface area contributed by atoms with E-state index in [2.05, 4.69) is 15.9 Å². The van der Waals surface area contributed by atoms with Gasteiger partial charge >= 0.3 is 5.97 Å². The summed E-state index contributed by atoms with van der Waals surface area (Å²) in [5.41, 5.74) is 1.89. The number of esters is 1. The molecular weight excluding hydrogens is 412 g/mol. The van der Waals surface area contributed by atoms with Crippen LogP contribution in [-0.4, -0.2) is 12.6 Å². The van der Waals surface area contributed by atoms with Gasteiger partial charge in [-0.1, -0.05) is 58.0 Å². The van der Waals surface area contributed by atoms with Crippen molar-refractivity contribution in [2.75, 3.05) is 11.5 Å². The first-order valence-corrected chi connectivity index (χ1v) is 9.56. The van der Waals surface area contributed by atoms with E-state index in [0.29, 0.717) is 5.03 Å². The van der Waals surface area contributed by atoms with Crippen LogP contribution in [0.4, 0.5) is 5.69 Å². The number of rotatable bonds is 4. The number of anilines is 1. The molecule has 4 nitrogen and oxygen atoms in total. The van der Waals surface area contributed by atoms with Crippen molar-refractivity contribution in [3.63, 3.8) is 0 Å². The van der Waals surface area contributed by atoms with Crippen molar-refractivity contribution in [1.29, 1.82) is 5.26 Å². The van der Waals surface area contributed by atoms with Crippen LogP contribution in [0.25, 0.3) is 4.91 Å². The molecule has 0 unspecified atom stereocenters. The number of ether oxygens (including phenoxy) is 1. The monoisotopic (exact) mass is 426 g/mol. The molecule has 130 valence electrons. The lowest BCUT2D eigenvalue weighted by molar-refractivity contribution is -0.138. The number of carbonyl (C=O) groups is 1. The molecule has 0 aliphatic carbocycles. The van der Waals surface area contributed by atoms with E-state index in [4.69, 9.17) is 4.74 Å². The Hall–Kier alpha value is -2.49. The number of nitriles is 1. The van der Waals surface area contributed by atoms with E-state index in [-0.39, 0.29) is 12.2 Å². The Balaban J connectivity index is 2.09. The molecule has 0 spiro atoms. The highest BCUT2D eigenvalue weighted by atomic mass is 79.9. The van der Waals surface area contributed by atoms with E-state index in [1.165, 1.54) is 11.8 Å². The van der Waals surface area contributed by atoms with Crippen LogP contribution in [-0.2, 0) is 9.53 Å². The molecule has 0 fully saturated rings. The summed E-state index contributed by atoms with van der Waals surface area (Å²) in [5.74, 6) is -0.609. The molecule has 6 heteroatoms. The van der Waals surface area contributed by atoms with Gasteiger partial charge in [-0.15, -0.1) is 0 Å². The lowest BCUT2D eigenvalue weighted by Crippen LogP contribution is -2.16. The first kappa shape index (κ1) is 18.3. The minimum atomic E-state index is -0.609. The highest BCUT2D eigenvalue weighted by Gasteiger charge is 2.29. The average Bonchev–Trinajstić information content (AvgIpc) is 3.09. The lowest BCUT2D eigenvalue weighted by atomic mass is 10.2. The molecule has 0 amide bonds. The molecule has 2 aromatic carbocycles. The third-order valence-corrected chi connectivity index (χ3v) is 5.32. The topological polar surface area (TPSA) is 53.3 Å². The Morgan fingerprint density at radius 3 is 2.50 bits per heavy atom. The Bertz CT molecular complexity index is 915. The number of thioether (sulfide) groups is 1. The quantitative estimate of drug-likeness (QED) is 0.377. The van der Waals surface area contributed by atoms with Crippen molar-refractivity contribution in [3.8, 4) is 6.07 Å². The minimum absolute atomic E-state index is 0.00181. The van der Waals surface area contributed by atoms with Crippen molar-refractivity contribution in [1.82, 2.24) is 0 Å². The van der Waals surface area contributed by atoms with Crippen LogP contribution in [0, 0.1) is 11.3 Å². The van der Waals surface area contributed by atoms with E-state index in [9.17, 15) is 10.1 Å². The van der Waals surface area contributed by atoms with Crippen molar-refractivity contribution in [2.24, 2.45) is 0 Å². The van der Waals surface area contributed by atoms with E-state index >= 15 is 0 Å². The fourth-order valence-corrected chi connectivity index (χ4v) is 3.81. The van der Waals surface area contributed by atoms with Crippen LogP contribution in [0.1, 0.15) is 12.5 Å². The van der Waals surface area contributed by atoms with Crippen LogP contribution >= 0.6 is 27.7 Å². The third-order valence-electron chi connectivity index (χ3n) is 3.64. The summed E-state index contributed by atoms with van der Waals surface area (Å²) in [6.07, 6.45) is 1.94. The second-order valence-electron chi connectivity index (χ2n) is 5.32. The summed E-state index contributed by atoms with van der Waals surface area (Å²) < 4.78 is 6.02. The van der Waals surface area contributed by atoms with Gasteiger partial charge in [-0.2, -0.15) is 5.26 Å². The van der Waals surface area contributed by atoms with Crippen LogP contribution in [0.2, 0.25) is 0 Å². The number of halogens is 1. The van der Waals surface area contributed by atoms with Crippen molar-refractivity contribution >= 4 is 44.3 Å². The van der Waals surface area contributed by atoms with Gasteiger partial charge in [-0.05, 0) is 36.8 Å². The molecule has 26 heavy (non-hydrogen) atoms. The summed E-state index contributed by atoms with van der Waals surface area (Å²) >= 11 is 4.82. The second-order valence-corrected chi connectivity index (χ2v) is 7.27. The average molecular weight is 427 g/mol. The Morgan fingerprint density at radius 2 is 1.88 bits per heavy atom. The SMILES string of the molecule is CCOC(=O)C(C#N)=C1SC(c2ccccc2)=CN1c1ccc(Br)cc1. The van der Waals surface area contributed by atoms with E-state index in [1.54, 1.807) is 6.92 Å². The van der Waals surface area contributed by atoms with E-state index < -0.39 is 5.97 Å². The molecule has 0 saturated carbocycles. The molecule has 0 bridgehead atoms. The van der Waals surface area contributed by atoms with Gasteiger partial charge in [-0.25, -0.2) is 4.79 Å². The maximum Gasteiger partial charge on any atom is 0.351 e. The van der Waals surface area contributed by atoms with Crippen LogP contribution in [0.15, 0.2) is 75.9 Å². The van der Waals surface area contributed by atoms with Crippen LogP contribution in [0.3, 0.4) is 0 Å². The molecule has 0 N–H and O–H groups in total. The molecule has 1 aliphatic heterocycles. The first-order chi connectivity index (χ1) is 12.6. The van der Waals surface area contributed by atoms with Gasteiger partial charge < -0.3 is 9.64 Å². The highest BCUT2D eigenvalue weighted by Crippen LogP contribution is 2.46. The number of nitrogens with zero attached hydrogens (tertiary/aromatic N) is 2. The van der Waals surface area contributed by atoms with Crippen LogP contribution in [0.5, 0.6) is 0 Å². The number of hydrogen-bond donors (Lipinski definition) is 0. The largest absolute Gasteiger partial charge is 0.462 e. The molecular formula is C20H15BrN2O2S. The Kier molecular flexibility index (Phi) is 5.82. The fraction of sp³-hybridized carbons (Fsp3) is 0.100. The second kappa shape index (κ2) is 8.26. The molecule has 0 radical (unpaired) electrons. The van der Waals surface area contributed by atoms with Crippen molar-refractivity contribution < 1.29 is 9.53 Å². The zero-order valence-electron chi connectivity index (χ0n) is 14.0. The highest BCUT2D eigenvalue weighted by molar-refractivity contribution is 9.10. The van der Waals surface area contributed by atoms with E-state index in [1.807, 2.05) is 71.8 Å². The van der Waals surface area contributed by atoms with Crippen molar-refractivity contribution in [3.05, 3.63) is 81.4 Å². The predicted molar refractivity (Wildman–Crippen MR) is 108 cm³/mol. The van der Waals surface area contributed by atoms with Gasteiger partial charge in [0, 0.05) is 21.3 Å². The zero-order valence-corrected chi connectivity index (χ0v) is 16.4. The first-order valence-electron chi connectivity index (χ1n) is 7.95.